The second-order valence-electron chi connectivity index (χ2n) is 14.4. The van der Waals surface area contributed by atoms with Gasteiger partial charge in [-0.3, -0.25) is 9.59 Å². The molecule has 0 aliphatic heterocycles. The third-order valence-electron chi connectivity index (χ3n) is 8.77. The van der Waals surface area contributed by atoms with Crippen LogP contribution in [-0.2, 0) is 28.5 Å². The SMILES string of the molecule is CCCCCC(CCCCCC(C)C)OC(CC)OC(=O)CCCCC(=O)OC(CC)OC(CCCCC)CCCCCC(C)C. The minimum absolute atomic E-state index is 0.142. The summed E-state index contributed by atoms with van der Waals surface area (Å²) in [7, 11) is 0. The van der Waals surface area contributed by atoms with Crippen molar-refractivity contribution in [1.82, 2.24) is 0 Å². The molecule has 4 unspecified atom stereocenters. The first kappa shape index (κ1) is 44.9. The molecule has 6 heteroatoms. The Kier molecular flexibility index (Phi) is 30.4. The predicted molar refractivity (Wildman–Crippen MR) is 193 cm³/mol. The number of hydrogen-bond donors (Lipinski definition) is 0. The van der Waals surface area contributed by atoms with Crippen LogP contribution in [-0.4, -0.2) is 36.7 Å². The summed E-state index contributed by atoms with van der Waals surface area (Å²) in [5.74, 6) is 1.01. The summed E-state index contributed by atoms with van der Waals surface area (Å²) in [5.41, 5.74) is 0. The largest absolute Gasteiger partial charge is 0.436 e. The van der Waals surface area contributed by atoms with Crippen LogP contribution in [0.5, 0.6) is 0 Å². The minimum Gasteiger partial charge on any atom is -0.436 e. The van der Waals surface area contributed by atoms with Gasteiger partial charge in [0.05, 0.1) is 12.2 Å². The van der Waals surface area contributed by atoms with Crippen molar-refractivity contribution in [3.05, 3.63) is 0 Å². The summed E-state index contributed by atoms with van der Waals surface area (Å²) in [5, 5.41) is 0. The zero-order valence-electron chi connectivity index (χ0n) is 31.9. The average molecular weight is 655 g/mol. The van der Waals surface area contributed by atoms with E-state index in [4.69, 9.17) is 18.9 Å². The smallest absolute Gasteiger partial charge is 0.308 e. The first-order valence-electron chi connectivity index (χ1n) is 19.8. The predicted octanol–water partition coefficient (Wildman–Crippen LogP) is 12.2. The maximum Gasteiger partial charge on any atom is 0.308 e. The van der Waals surface area contributed by atoms with Crippen molar-refractivity contribution in [2.75, 3.05) is 0 Å². The van der Waals surface area contributed by atoms with Crippen molar-refractivity contribution in [2.45, 2.75) is 234 Å². The highest BCUT2D eigenvalue weighted by atomic mass is 16.7. The highest BCUT2D eigenvalue weighted by molar-refractivity contribution is 5.70. The van der Waals surface area contributed by atoms with Crippen LogP contribution in [0, 0.1) is 11.8 Å². The van der Waals surface area contributed by atoms with Crippen LogP contribution in [0.1, 0.15) is 209 Å². The average Bonchev–Trinajstić information content (AvgIpc) is 3.01. The first-order valence-corrected chi connectivity index (χ1v) is 19.8. The van der Waals surface area contributed by atoms with Gasteiger partial charge in [0.2, 0.25) is 12.6 Å². The molecule has 0 aliphatic carbocycles. The van der Waals surface area contributed by atoms with Crippen LogP contribution >= 0.6 is 0 Å². The molecule has 274 valence electrons. The molecule has 46 heavy (non-hydrogen) atoms. The minimum atomic E-state index is -0.498. The highest BCUT2D eigenvalue weighted by Crippen LogP contribution is 2.21. The molecule has 0 heterocycles. The quantitative estimate of drug-likeness (QED) is 0.0398. The van der Waals surface area contributed by atoms with Gasteiger partial charge in [0.15, 0.2) is 0 Å². The fourth-order valence-electron chi connectivity index (χ4n) is 5.80. The summed E-state index contributed by atoms with van der Waals surface area (Å²) >= 11 is 0. The van der Waals surface area contributed by atoms with Crippen molar-refractivity contribution in [3.8, 4) is 0 Å². The van der Waals surface area contributed by atoms with Crippen LogP contribution in [0.15, 0.2) is 0 Å². The van der Waals surface area contributed by atoms with Crippen molar-refractivity contribution in [3.63, 3.8) is 0 Å². The summed E-state index contributed by atoms with van der Waals surface area (Å²) in [6, 6.07) is 0. The molecule has 0 fully saturated rings. The lowest BCUT2D eigenvalue weighted by Crippen LogP contribution is -2.27. The molecule has 0 aromatic rings. The number of rotatable bonds is 33. The molecule has 0 amide bonds. The van der Waals surface area contributed by atoms with Gasteiger partial charge in [0, 0.05) is 25.7 Å². The zero-order valence-corrected chi connectivity index (χ0v) is 31.9. The Balaban J connectivity index is 4.56. The van der Waals surface area contributed by atoms with Gasteiger partial charge < -0.3 is 18.9 Å². The topological polar surface area (TPSA) is 71.1 Å². The maximum absolute atomic E-state index is 12.6. The summed E-state index contributed by atoms with van der Waals surface area (Å²) in [6.07, 6.45) is 23.4. The Labute approximate surface area is 286 Å². The molecule has 0 saturated carbocycles. The van der Waals surface area contributed by atoms with E-state index in [-0.39, 0.29) is 37.0 Å². The normalized spacial score (nSPS) is 14.4. The van der Waals surface area contributed by atoms with E-state index in [9.17, 15) is 9.59 Å². The number of unbranched alkanes of at least 4 members (excludes halogenated alkanes) is 9. The Morgan fingerprint density at radius 3 is 1.07 bits per heavy atom. The molecule has 0 saturated heterocycles. The molecule has 0 spiro atoms. The zero-order chi connectivity index (χ0) is 34.4. The van der Waals surface area contributed by atoms with Crippen LogP contribution in [0.4, 0.5) is 0 Å². The lowest BCUT2D eigenvalue weighted by Gasteiger charge is -2.25. The molecule has 4 atom stereocenters. The van der Waals surface area contributed by atoms with Gasteiger partial charge in [0.25, 0.3) is 0 Å². The highest BCUT2D eigenvalue weighted by Gasteiger charge is 2.21. The van der Waals surface area contributed by atoms with Gasteiger partial charge in [-0.05, 0) is 50.4 Å². The second kappa shape index (κ2) is 31.1. The maximum atomic E-state index is 12.6. The van der Waals surface area contributed by atoms with Crippen LogP contribution in [0.25, 0.3) is 0 Å². The third-order valence-corrected chi connectivity index (χ3v) is 8.77. The van der Waals surface area contributed by atoms with Crippen molar-refractivity contribution in [2.24, 2.45) is 11.8 Å². The molecular formula is C40H78O6. The Bertz CT molecular complexity index is 635. The van der Waals surface area contributed by atoms with Crippen LogP contribution < -0.4 is 0 Å². The summed E-state index contributed by atoms with van der Waals surface area (Å²) < 4.78 is 24.1. The number of hydrogen-bond acceptors (Lipinski definition) is 6. The van der Waals surface area contributed by atoms with Crippen molar-refractivity contribution >= 4 is 11.9 Å². The van der Waals surface area contributed by atoms with Gasteiger partial charge in [-0.1, -0.05) is 145 Å². The van der Waals surface area contributed by atoms with Crippen LogP contribution in [0.2, 0.25) is 0 Å². The van der Waals surface area contributed by atoms with E-state index in [1.165, 1.54) is 64.2 Å². The molecule has 0 aromatic heterocycles. The van der Waals surface area contributed by atoms with Gasteiger partial charge in [-0.2, -0.15) is 0 Å². The molecule has 0 N–H and O–H groups in total. The van der Waals surface area contributed by atoms with Crippen LogP contribution in [0.3, 0.4) is 0 Å². The molecular weight excluding hydrogens is 576 g/mol. The van der Waals surface area contributed by atoms with E-state index >= 15 is 0 Å². The number of carbonyl (C=O) groups is 2. The van der Waals surface area contributed by atoms with E-state index < -0.39 is 12.6 Å². The summed E-state index contributed by atoms with van der Waals surface area (Å²) in [6.45, 7) is 17.6. The standard InChI is InChI=1S/C40H78O6/c1-9-13-17-27-35(29-21-15-19-25-33(5)6)43-39(11-3)45-37(41)31-23-24-32-38(42)46-40(12-4)44-36(28-18-14-10-2)30-22-16-20-26-34(7)8/h33-36,39-40H,9-32H2,1-8H3. The Hall–Kier alpha value is -1.14. The molecule has 0 bridgehead atoms. The Morgan fingerprint density at radius 1 is 0.435 bits per heavy atom. The van der Waals surface area contributed by atoms with Gasteiger partial charge in [-0.25, -0.2) is 0 Å². The Morgan fingerprint density at radius 2 is 0.761 bits per heavy atom. The van der Waals surface area contributed by atoms with Gasteiger partial charge in [0.1, 0.15) is 0 Å². The molecule has 0 rings (SSSR count). The van der Waals surface area contributed by atoms with Gasteiger partial charge in [-0.15, -0.1) is 0 Å². The third kappa shape index (κ3) is 27.9. The molecule has 0 radical (unpaired) electrons. The van der Waals surface area contributed by atoms with E-state index in [1.54, 1.807) is 0 Å². The number of carbonyl (C=O) groups excluding carboxylic acids is 2. The van der Waals surface area contributed by atoms with E-state index in [2.05, 4.69) is 41.5 Å². The fraction of sp³-hybridized carbons (Fsp3) is 0.950. The molecule has 0 aromatic carbocycles. The number of esters is 2. The van der Waals surface area contributed by atoms with Gasteiger partial charge >= 0.3 is 11.9 Å². The summed E-state index contributed by atoms with van der Waals surface area (Å²) in [4.78, 5) is 25.3. The van der Waals surface area contributed by atoms with E-state index in [0.717, 1.165) is 63.2 Å². The fourth-order valence-corrected chi connectivity index (χ4v) is 5.80. The number of ether oxygens (including phenoxy) is 4. The molecule has 6 nitrogen and oxygen atoms in total. The van der Waals surface area contributed by atoms with Crippen molar-refractivity contribution in [1.29, 1.82) is 0 Å². The lowest BCUT2D eigenvalue weighted by atomic mass is 10.0. The van der Waals surface area contributed by atoms with E-state index in [1.807, 2.05) is 13.8 Å². The molecule has 0 aliphatic rings. The second-order valence-corrected chi connectivity index (χ2v) is 14.4. The monoisotopic (exact) mass is 655 g/mol. The van der Waals surface area contributed by atoms with Crippen molar-refractivity contribution < 1.29 is 28.5 Å². The van der Waals surface area contributed by atoms with E-state index in [0.29, 0.717) is 25.7 Å². The first-order chi connectivity index (χ1) is 22.1. The lowest BCUT2D eigenvalue weighted by molar-refractivity contribution is -0.194.